The summed E-state index contributed by atoms with van der Waals surface area (Å²) in [5.74, 6) is 0.0708. The minimum atomic E-state index is -0.591. The third kappa shape index (κ3) is 2.34. The molecule has 142 valence electrons. The van der Waals surface area contributed by atoms with Gasteiger partial charge in [-0.25, -0.2) is 0 Å². The van der Waals surface area contributed by atoms with Gasteiger partial charge in [0.05, 0.1) is 18.7 Å². The summed E-state index contributed by atoms with van der Waals surface area (Å²) in [6, 6.07) is 1.53. The molecule has 1 aromatic carbocycles. The van der Waals surface area contributed by atoms with E-state index in [-0.39, 0.29) is 29.6 Å². The zero-order chi connectivity index (χ0) is 18.8. The Balaban J connectivity index is 1.53. The van der Waals surface area contributed by atoms with Crippen molar-refractivity contribution in [2.45, 2.75) is 50.6 Å². The maximum atomic E-state index is 13.1. The normalized spacial score (nSPS) is 26.0. The molecule has 1 aromatic rings. The van der Waals surface area contributed by atoms with Gasteiger partial charge in [-0.05, 0) is 44.8 Å². The SMILES string of the molecule is Cc1cc2c(c3c1C(=O)N([C@H]1CCC(=O)NC1=O)C3)OCC21CCNCC1. The molecule has 0 aliphatic carbocycles. The number of nitrogens with one attached hydrogen (secondary N) is 2. The number of amides is 3. The number of ether oxygens (including phenoxy) is 1. The van der Waals surface area contributed by atoms with E-state index in [1.54, 1.807) is 4.90 Å². The van der Waals surface area contributed by atoms with Crippen LogP contribution in [-0.4, -0.2) is 48.4 Å². The number of benzene rings is 1. The molecular weight excluding hydrogens is 346 g/mol. The monoisotopic (exact) mass is 369 g/mol. The number of aryl methyl sites for hydroxylation is 1. The fourth-order valence-electron chi connectivity index (χ4n) is 5.10. The molecule has 4 heterocycles. The number of imide groups is 1. The molecule has 2 saturated heterocycles. The lowest BCUT2D eigenvalue weighted by atomic mass is 9.74. The van der Waals surface area contributed by atoms with E-state index in [9.17, 15) is 14.4 Å². The average Bonchev–Trinajstić information content (AvgIpc) is 3.16. The number of fused-ring (bicyclic) bond motifs is 4. The zero-order valence-electron chi connectivity index (χ0n) is 15.4. The van der Waals surface area contributed by atoms with Gasteiger partial charge in [0.2, 0.25) is 11.8 Å². The van der Waals surface area contributed by atoms with Gasteiger partial charge in [-0.15, -0.1) is 0 Å². The average molecular weight is 369 g/mol. The predicted octanol–water partition coefficient (Wildman–Crippen LogP) is 0.770. The standard InChI is InChI=1S/C20H23N3O4/c1-11-8-13-17(27-10-20(13)4-6-21-7-5-20)12-9-23(19(26)16(11)12)14-2-3-15(24)22-18(14)25/h8,14,21H,2-7,9-10H2,1H3,(H,22,24,25)/t14-/m0/s1. The number of carbonyl (C=O) groups excluding carboxylic acids is 3. The maximum absolute atomic E-state index is 13.1. The van der Waals surface area contributed by atoms with Crippen molar-refractivity contribution in [1.82, 2.24) is 15.5 Å². The summed E-state index contributed by atoms with van der Waals surface area (Å²) in [6.07, 6.45) is 2.70. The van der Waals surface area contributed by atoms with Crippen molar-refractivity contribution >= 4 is 17.7 Å². The van der Waals surface area contributed by atoms with E-state index in [1.165, 1.54) is 5.56 Å². The molecule has 3 amide bonds. The first kappa shape index (κ1) is 16.7. The first-order valence-electron chi connectivity index (χ1n) is 9.65. The summed E-state index contributed by atoms with van der Waals surface area (Å²) >= 11 is 0. The smallest absolute Gasteiger partial charge is 0.255 e. The van der Waals surface area contributed by atoms with Crippen LogP contribution in [0, 0.1) is 6.92 Å². The van der Waals surface area contributed by atoms with Gasteiger partial charge in [-0.3, -0.25) is 19.7 Å². The van der Waals surface area contributed by atoms with Crippen molar-refractivity contribution in [3.63, 3.8) is 0 Å². The summed E-state index contributed by atoms with van der Waals surface area (Å²) in [5.41, 5.74) is 3.79. The van der Waals surface area contributed by atoms with Crippen LogP contribution in [0.1, 0.15) is 52.7 Å². The highest BCUT2D eigenvalue weighted by Crippen LogP contribution is 2.49. The van der Waals surface area contributed by atoms with E-state index in [0.29, 0.717) is 25.1 Å². The van der Waals surface area contributed by atoms with Gasteiger partial charge >= 0.3 is 0 Å². The molecule has 4 aliphatic heterocycles. The largest absolute Gasteiger partial charge is 0.492 e. The van der Waals surface area contributed by atoms with Gasteiger partial charge in [0.25, 0.3) is 5.91 Å². The number of piperidine rings is 2. The van der Waals surface area contributed by atoms with Crippen molar-refractivity contribution < 1.29 is 19.1 Å². The van der Waals surface area contributed by atoms with Crippen molar-refractivity contribution in [2.24, 2.45) is 0 Å². The minimum absolute atomic E-state index is 0.0332. The topological polar surface area (TPSA) is 87.7 Å². The first-order valence-corrected chi connectivity index (χ1v) is 9.65. The van der Waals surface area contributed by atoms with Crippen LogP contribution in [0.5, 0.6) is 5.75 Å². The maximum Gasteiger partial charge on any atom is 0.255 e. The second-order valence-corrected chi connectivity index (χ2v) is 8.14. The van der Waals surface area contributed by atoms with Crippen LogP contribution in [0.4, 0.5) is 0 Å². The molecule has 0 bridgehead atoms. The molecule has 0 aromatic heterocycles. The van der Waals surface area contributed by atoms with Crippen molar-refractivity contribution in [3.05, 3.63) is 28.3 Å². The van der Waals surface area contributed by atoms with E-state index in [2.05, 4.69) is 16.7 Å². The lowest BCUT2D eigenvalue weighted by Gasteiger charge is -2.32. The highest BCUT2D eigenvalue weighted by molar-refractivity contribution is 6.06. The lowest BCUT2D eigenvalue weighted by molar-refractivity contribution is -0.136. The molecule has 7 nitrogen and oxygen atoms in total. The molecule has 1 atom stereocenters. The van der Waals surface area contributed by atoms with Crippen molar-refractivity contribution in [3.8, 4) is 5.75 Å². The van der Waals surface area contributed by atoms with Crippen LogP contribution in [0.2, 0.25) is 0 Å². The molecule has 1 spiro atoms. The molecule has 7 heteroatoms. The van der Waals surface area contributed by atoms with Crippen molar-refractivity contribution in [1.29, 1.82) is 0 Å². The zero-order valence-corrected chi connectivity index (χ0v) is 15.4. The van der Waals surface area contributed by atoms with Gasteiger partial charge in [-0.2, -0.15) is 0 Å². The van der Waals surface area contributed by atoms with Crippen LogP contribution < -0.4 is 15.4 Å². The summed E-state index contributed by atoms with van der Waals surface area (Å²) in [7, 11) is 0. The fraction of sp³-hybridized carbons (Fsp3) is 0.550. The summed E-state index contributed by atoms with van der Waals surface area (Å²) < 4.78 is 6.16. The fourth-order valence-corrected chi connectivity index (χ4v) is 5.10. The Bertz CT molecular complexity index is 872. The van der Waals surface area contributed by atoms with E-state index >= 15 is 0 Å². The molecule has 0 saturated carbocycles. The third-order valence-electron chi connectivity index (χ3n) is 6.59. The van der Waals surface area contributed by atoms with E-state index in [1.807, 2.05) is 6.92 Å². The number of rotatable bonds is 1. The van der Waals surface area contributed by atoms with Crippen LogP contribution in [0.25, 0.3) is 0 Å². The van der Waals surface area contributed by atoms with Gasteiger partial charge in [0, 0.05) is 23.0 Å². The van der Waals surface area contributed by atoms with Gasteiger partial charge in [-0.1, -0.05) is 6.07 Å². The predicted molar refractivity (Wildman–Crippen MR) is 96.5 cm³/mol. The Hall–Kier alpha value is -2.41. The van der Waals surface area contributed by atoms with Crippen LogP contribution in [0.15, 0.2) is 6.07 Å². The third-order valence-corrected chi connectivity index (χ3v) is 6.59. The second-order valence-electron chi connectivity index (χ2n) is 8.14. The Morgan fingerprint density at radius 1 is 1.22 bits per heavy atom. The first-order chi connectivity index (χ1) is 13.0. The highest BCUT2D eigenvalue weighted by atomic mass is 16.5. The summed E-state index contributed by atoms with van der Waals surface area (Å²) in [6.45, 7) is 4.95. The Kier molecular flexibility index (Phi) is 3.59. The molecular formula is C20H23N3O4. The number of nitrogens with zero attached hydrogens (tertiary/aromatic N) is 1. The van der Waals surface area contributed by atoms with Crippen molar-refractivity contribution in [2.75, 3.05) is 19.7 Å². The van der Waals surface area contributed by atoms with Crippen LogP contribution >= 0.6 is 0 Å². The molecule has 0 radical (unpaired) electrons. The van der Waals surface area contributed by atoms with Crippen LogP contribution in [-0.2, 0) is 21.5 Å². The lowest BCUT2D eigenvalue weighted by Crippen LogP contribution is -2.52. The highest BCUT2D eigenvalue weighted by Gasteiger charge is 2.47. The molecule has 2 fully saturated rings. The molecule has 5 rings (SSSR count). The number of hydrogen-bond donors (Lipinski definition) is 2. The van der Waals surface area contributed by atoms with E-state index in [4.69, 9.17) is 4.74 Å². The minimum Gasteiger partial charge on any atom is -0.492 e. The summed E-state index contributed by atoms with van der Waals surface area (Å²) in [4.78, 5) is 38.5. The molecule has 2 N–H and O–H groups in total. The van der Waals surface area contributed by atoms with E-state index < -0.39 is 6.04 Å². The summed E-state index contributed by atoms with van der Waals surface area (Å²) in [5, 5.41) is 5.77. The molecule has 0 unspecified atom stereocenters. The molecule has 27 heavy (non-hydrogen) atoms. The number of carbonyl (C=O) groups is 3. The van der Waals surface area contributed by atoms with E-state index in [0.717, 1.165) is 42.8 Å². The van der Waals surface area contributed by atoms with Gasteiger partial charge in [0.15, 0.2) is 0 Å². The van der Waals surface area contributed by atoms with Crippen LogP contribution in [0.3, 0.4) is 0 Å². The Labute approximate surface area is 157 Å². The second kappa shape index (κ2) is 5.79. The Morgan fingerprint density at radius 2 is 2.00 bits per heavy atom. The van der Waals surface area contributed by atoms with Gasteiger partial charge < -0.3 is 15.0 Å². The van der Waals surface area contributed by atoms with Gasteiger partial charge in [0.1, 0.15) is 11.8 Å². The molecule has 4 aliphatic rings. The quantitative estimate of drug-likeness (QED) is 0.714. The Morgan fingerprint density at radius 3 is 2.74 bits per heavy atom. The number of hydrogen-bond acceptors (Lipinski definition) is 5.